The van der Waals surface area contributed by atoms with Gasteiger partial charge in [-0.15, -0.1) is 0 Å². The molecule has 0 amide bonds. The van der Waals surface area contributed by atoms with Gasteiger partial charge in [-0.05, 0) is 19.9 Å². The molecule has 0 aliphatic carbocycles. The Morgan fingerprint density at radius 2 is 1.86 bits per heavy atom. The molecule has 0 saturated heterocycles. The van der Waals surface area contributed by atoms with Gasteiger partial charge in [0.25, 0.3) is 0 Å². The maximum absolute atomic E-state index is 5.25. The summed E-state index contributed by atoms with van der Waals surface area (Å²) in [6, 6.07) is 0. The van der Waals surface area contributed by atoms with Gasteiger partial charge in [0.2, 0.25) is 6.85 Å². The highest BCUT2D eigenvalue weighted by Crippen LogP contribution is 1.60. The summed E-state index contributed by atoms with van der Waals surface area (Å²) < 4.78 is 0. The molecule has 0 aromatic rings. The lowest BCUT2D eigenvalue weighted by atomic mass is 9.63. The van der Waals surface area contributed by atoms with E-state index in [9.17, 15) is 0 Å². The zero-order valence-electron chi connectivity index (χ0n) is 4.65. The number of nitrogens with two attached hydrogens (primary N) is 2. The Morgan fingerprint density at radius 3 is 1.86 bits per heavy atom. The van der Waals surface area contributed by atoms with Crippen molar-refractivity contribution in [2.24, 2.45) is 11.5 Å². The van der Waals surface area contributed by atoms with E-state index in [-0.39, 0.29) is 0 Å². The van der Waals surface area contributed by atoms with Crippen LogP contribution in [0.15, 0.2) is 0 Å². The Balaban J connectivity index is 2.99. The van der Waals surface area contributed by atoms with Crippen LogP contribution in [-0.2, 0) is 0 Å². The normalized spacial score (nSPS) is 9.00. The SMILES string of the molecule is CNB(CN)CN. The number of rotatable bonds is 3. The number of hydrogen-bond donors (Lipinski definition) is 3. The Labute approximate surface area is 44.5 Å². The largest absolute Gasteiger partial charge is 0.357 e. The van der Waals surface area contributed by atoms with E-state index in [1.807, 2.05) is 7.05 Å². The molecule has 0 aromatic heterocycles. The van der Waals surface area contributed by atoms with Crippen LogP contribution in [0.1, 0.15) is 0 Å². The van der Waals surface area contributed by atoms with Gasteiger partial charge in [0, 0.05) is 0 Å². The van der Waals surface area contributed by atoms with Crippen molar-refractivity contribution in [2.45, 2.75) is 0 Å². The second-order valence-electron chi connectivity index (χ2n) is 1.46. The molecule has 0 aliphatic rings. The van der Waals surface area contributed by atoms with Gasteiger partial charge in [-0.25, -0.2) is 0 Å². The summed E-state index contributed by atoms with van der Waals surface area (Å²) in [5, 5.41) is 2.95. The van der Waals surface area contributed by atoms with Crippen LogP contribution in [0, 0.1) is 0 Å². The summed E-state index contributed by atoms with van der Waals surface area (Å²) in [6.45, 7) is 0.292. The Bertz CT molecular complexity index is 31.7. The fraction of sp³-hybridized carbons (Fsp3) is 1.00. The number of nitrogens with one attached hydrogen (secondary N) is 1. The van der Waals surface area contributed by atoms with Crippen molar-refractivity contribution in [3.05, 3.63) is 0 Å². The second kappa shape index (κ2) is 4.11. The lowest BCUT2D eigenvalue weighted by Crippen LogP contribution is -2.45. The van der Waals surface area contributed by atoms with E-state index in [4.69, 9.17) is 11.5 Å². The predicted molar refractivity (Wildman–Crippen MR) is 32.9 cm³/mol. The van der Waals surface area contributed by atoms with Gasteiger partial charge in [-0.1, -0.05) is 0 Å². The van der Waals surface area contributed by atoms with Crippen LogP contribution in [0.5, 0.6) is 0 Å². The van der Waals surface area contributed by atoms with Gasteiger partial charge in [-0.3, -0.25) is 0 Å². The molecule has 4 heteroatoms. The van der Waals surface area contributed by atoms with Crippen molar-refractivity contribution in [1.82, 2.24) is 5.23 Å². The van der Waals surface area contributed by atoms with E-state index in [0.29, 0.717) is 19.7 Å². The van der Waals surface area contributed by atoms with Gasteiger partial charge in [0.15, 0.2) is 0 Å². The van der Waals surface area contributed by atoms with Gasteiger partial charge in [0.05, 0.1) is 0 Å². The molecule has 0 aliphatic heterocycles. The van der Waals surface area contributed by atoms with Gasteiger partial charge in [-0.2, -0.15) is 0 Å². The maximum atomic E-state index is 5.25. The maximum Gasteiger partial charge on any atom is 0.248 e. The molecular formula is C3H12BN3. The van der Waals surface area contributed by atoms with Crippen LogP contribution in [0.25, 0.3) is 0 Å². The smallest absolute Gasteiger partial charge is 0.248 e. The second-order valence-corrected chi connectivity index (χ2v) is 1.46. The molecular weight excluding hydrogens is 88.9 g/mol. The fourth-order valence-electron chi connectivity index (χ4n) is 0.332. The van der Waals surface area contributed by atoms with Crippen LogP contribution in [0.3, 0.4) is 0 Å². The predicted octanol–water partition coefficient (Wildman–Crippen LogP) is -1.81. The first kappa shape index (κ1) is 6.94. The highest BCUT2D eigenvalue weighted by Gasteiger charge is 2.02. The lowest BCUT2D eigenvalue weighted by molar-refractivity contribution is 1.10. The van der Waals surface area contributed by atoms with Crippen LogP contribution >= 0.6 is 0 Å². The van der Waals surface area contributed by atoms with Crippen molar-refractivity contribution < 1.29 is 0 Å². The van der Waals surface area contributed by atoms with Gasteiger partial charge >= 0.3 is 0 Å². The van der Waals surface area contributed by atoms with Gasteiger partial charge in [0.1, 0.15) is 0 Å². The molecule has 0 unspecified atom stereocenters. The number of hydrogen-bond acceptors (Lipinski definition) is 3. The van der Waals surface area contributed by atoms with Crippen molar-refractivity contribution in [1.29, 1.82) is 0 Å². The minimum Gasteiger partial charge on any atom is -0.357 e. The molecule has 0 spiro atoms. The van der Waals surface area contributed by atoms with E-state index < -0.39 is 0 Å². The summed E-state index contributed by atoms with van der Waals surface area (Å²) in [7, 11) is 1.85. The minimum atomic E-state index is 0.292. The zero-order chi connectivity index (χ0) is 5.70. The van der Waals surface area contributed by atoms with E-state index in [1.54, 1.807) is 0 Å². The molecule has 0 aromatic carbocycles. The molecule has 0 rings (SSSR count). The molecule has 5 N–H and O–H groups in total. The van der Waals surface area contributed by atoms with E-state index in [2.05, 4.69) is 5.23 Å². The Hall–Kier alpha value is -0.0551. The standard InChI is InChI=1S/C3H12BN3/c1-7-4(2-5)3-6/h7H,2-3,5-6H2,1H3. The molecule has 0 saturated carbocycles. The molecule has 0 radical (unpaired) electrons. The summed E-state index contributed by atoms with van der Waals surface area (Å²) in [5.41, 5.74) is 10.5. The Morgan fingerprint density at radius 1 is 1.43 bits per heavy atom. The third-order valence-corrected chi connectivity index (χ3v) is 0.977. The van der Waals surface area contributed by atoms with Crippen LogP contribution in [-0.4, -0.2) is 26.8 Å². The van der Waals surface area contributed by atoms with Crippen LogP contribution in [0.4, 0.5) is 0 Å². The zero-order valence-corrected chi connectivity index (χ0v) is 4.65. The first-order valence-electron chi connectivity index (χ1n) is 2.42. The van der Waals surface area contributed by atoms with Crippen molar-refractivity contribution in [3.63, 3.8) is 0 Å². The third-order valence-electron chi connectivity index (χ3n) is 0.977. The highest BCUT2D eigenvalue weighted by atomic mass is 14.8. The van der Waals surface area contributed by atoms with E-state index >= 15 is 0 Å². The summed E-state index contributed by atoms with van der Waals surface area (Å²) >= 11 is 0. The molecule has 42 valence electrons. The molecule has 0 bridgehead atoms. The monoisotopic (exact) mass is 101 g/mol. The van der Waals surface area contributed by atoms with Crippen LogP contribution in [0.2, 0.25) is 0 Å². The minimum absolute atomic E-state index is 0.292. The average Bonchev–Trinajstić information content (AvgIpc) is 1.72. The Kier molecular flexibility index (Phi) is 4.08. The average molecular weight is 101 g/mol. The van der Waals surface area contributed by atoms with Crippen LogP contribution < -0.4 is 16.7 Å². The summed E-state index contributed by atoms with van der Waals surface area (Å²) in [5.74, 6) is 0. The fourth-order valence-corrected chi connectivity index (χ4v) is 0.332. The van der Waals surface area contributed by atoms with Crippen molar-refractivity contribution in [2.75, 3.05) is 19.9 Å². The topological polar surface area (TPSA) is 64.1 Å². The summed E-state index contributed by atoms with van der Waals surface area (Å²) in [4.78, 5) is 0. The molecule has 0 heterocycles. The molecule has 0 atom stereocenters. The highest BCUT2D eigenvalue weighted by molar-refractivity contribution is 6.56. The first-order chi connectivity index (χ1) is 3.35. The van der Waals surface area contributed by atoms with Crippen molar-refractivity contribution in [3.8, 4) is 0 Å². The third kappa shape index (κ3) is 2.62. The first-order valence-corrected chi connectivity index (χ1v) is 2.42. The molecule has 3 nitrogen and oxygen atoms in total. The molecule has 0 fully saturated rings. The van der Waals surface area contributed by atoms with E-state index in [1.165, 1.54) is 0 Å². The quantitative estimate of drug-likeness (QED) is 0.367. The summed E-state index contributed by atoms with van der Waals surface area (Å²) in [6.07, 6.45) is 1.24. The lowest BCUT2D eigenvalue weighted by Gasteiger charge is -2.02. The van der Waals surface area contributed by atoms with Gasteiger partial charge < -0.3 is 16.7 Å². The van der Waals surface area contributed by atoms with E-state index in [0.717, 1.165) is 0 Å². The van der Waals surface area contributed by atoms with Crippen molar-refractivity contribution >= 4 is 6.85 Å². The molecule has 7 heavy (non-hydrogen) atoms.